The van der Waals surface area contributed by atoms with E-state index in [1.165, 1.54) is 6.07 Å². The van der Waals surface area contributed by atoms with Crippen LogP contribution in [0.4, 0.5) is 5.69 Å². The number of nitro groups is 1. The van der Waals surface area contributed by atoms with Gasteiger partial charge in [-0.1, -0.05) is 13.8 Å². The predicted octanol–water partition coefficient (Wildman–Crippen LogP) is 3.06. The van der Waals surface area contributed by atoms with Crippen LogP contribution >= 0.6 is 0 Å². The minimum Gasteiger partial charge on any atom is -0.490 e. The van der Waals surface area contributed by atoms with Crippen LogP contribution in [-0.4, -0.2) is 24.1 Å². The molecule has 0 saturated heterocycles. The Balaban J connectivity index is 2.12. The normalized spacial score (nSPS) is 28.8. The summed E-state index contributed by atoms with van der Waals surface area (Å²) in [5.74, 6) is 0.715. The molecule has 3 atom stereocenters. The summed E-state index contributed by atoms with van der Waals surface area (Å²) in [5.41, 5.74) is 0.886. The number of benzene rings is 1. The molecule has 1 saturated carbocycles. The van der Waals surface area contributed by atoms with E-state index in [2.05, 4.69) is 19.2 Å². The molecule has 5 heteroatoms. The van der Waals surface area contributed by atoms with Crippen LogP contribution in [0.5, 0.6) is 5.75 Å². The standard InChI is InChI=1S/C15H22N2O3/c1-5-15(3)13(16-4)9-14(15)20-11-6-7-12(17(18)19)10(2)8-11/h6-8,13-14,16H,5,9H2,1-4H3. The Kier molecular flexibility index (Phi) is 3.99. The SMILES string of the molecule is CCC1(C)C(NC)CC1Oc1ccc([N+](=O)[O-])c(C)c1. The van der Waals surface area contributed by atoms with E-state index >= 15 is 0 Å². The smallest absolute Gasteiger partial charge is 0.272 e. The highest BCUT2D eigenvalue weighted by Gasteiger charge is 2.51. The van der Waals surface area contributed by atoms with Crippen LogP contribution < -0.4 is 10.1 Å². The van der Waals surface area contributed by atoms with E-state index in [9.17, 15) is 10.1 Å². The minimum atomic E-state index is -0.365. The molecule has 1 aromatic carbocycles. The van der Waals surface area contributed by atoms with Gasteiger partial charge in [0.2, 0.25) is 0 Å². The molecule has 3 unspecified atom stereocenters. The van der Waals surface area contributed by atoms with Gasteiger partial charge in [-0.2, -0.15) is 0 Å². The molecule has 0 heterocycles. The molecule has 0 radical (unpaired) electrons. The van der Waals surface area contributed by atoms with E-state index in [-0.39, 0.29) is 22.1 Å². The van der Waals surface area contributed by atoms with Gasteiger partial charge in [-0.3, -0.25) is 10.1 Å². The number of nitrogens with zero attached hydrogens (tertiary/aromatic N) is 1. The average Bonchev–Trinajstić information content (AvgIpc) is 2.41. The fraction of sp³-hybridized carbons (Fsp3) is 0.600. The molecule has 110 valence electrons. The summed E-state index contributed by atoms with van der Waals surface area (Å²) in [6.07, 6.45) is 2.16. The van der Waals surface area contributed by atoms with Crippen LogP contribution in [-0.2, 0) is 0 Å². The van der Waals surface area contributed by atoms with Gasteiger partial charge < -0.3 is 10.1 Å². The van der Waals surface area contributed by atoms with Gasteiger partial charge >= 0.3 is 0 Å². The van der Waals surface area contributed by atoms with Crippen molar-refractivity contribution in [2.45, 2.75) is 45.8 Å². The Morgan fingerprint density at radius 3 is 2.75 bits per heavy atom. The maximum Gasteiger partial charge on any atom is 0.272 e. The quantitative estimate of drug-likeness (QED) is 0.664. The van der Waals surface area contributed by atoms with Crippen molar-refractivity contribution < 1.29 is 9.66 Å². The van der Waals surface area contributed by atoms with Crippen molar-refractivity contribution in [1.82, 2.24) is 5.32 Å². The Labute approximate surface area is 119 Å². The first-order valence-corrected chi connectivity index (χ1v) is 7.01. The molecule has 0 spiro atoms. The molecule has 1 aliphatic carbocycles. The highest BCUT2D eigenvalue weighted by Crippen LogP contribution is 2.46. The van der Waals surface area contributed by atoms with Gasteiger partial charge in [-0.25, -0.2) is 0 Å². The molecule has 2 rings (SSSR count). The Bertz CT molecular complexity index is 518. The van der Waals surface area contributed by atoms with Crippen LogP contribution in [0.15, 0.2) is 18.2 Å². The number of aryl methyl sites for hydroxylation is 1. The van der Waals surface area contributed by atoms with Crippen molar-refractivity contribution in [3.8, 4) is 5.75 Å². The highest BCUT2D eigenvalue weighted by atomic mass is 16.6. The van der Waals surface area contributed by atoms with Crippen molar-refractivity contribution in [3.63, 3.8) is 0 Å². The molecule has 5 nitrogen and oxygen atoms in total. The number of nitrogens with one attached hydrogen (secondary N) is 1. The van der Waals surface area contributed by atoms with Crippen molar-refractivity contribution >= 4 is 5.69 Å². The topological polar surface area (TPSA) is 64.4 Å². The second-order valence-corrected chi connectivity index (χ2v) is 5.75. The zero-order chi connectivity index (χ0) is 14.9. The van der Waals surface area contributed by atoms with E-state index in [0.29, 0.717) is 17.4 Å². The van der Waals surface area contributed by atoms with Gasteiger partial charge in [0.25, 0.3) is 5.69 Å². The highest BCUT2D eigenvalue weighted by molar-refractivity contribution is 5.44. The number of nitro benzene ring substituents is 1. The first-order chi connectivity index (χ1) is 9.42. The second-order valence-electron chi connectivity index (χ2n) is 5.75. The minimum absolute atomic E-state index is 0.116. The molecular weight excluding hydrogens is 256 g/mol. The lowest BCUT2D eigenvalue weighted by atomic mass is 9.61. The first-order valence-electron chi connectivity index (χ1n) is 7.01. The van der Waals surface area contributed by atoms with Crippen LogP contribution in [0.25, 0.3) is 0 Å². The fourth-order valence-corrected chi connectivity index (χ4v) is 2.99. The zero-order valence-electron chi connectivity index (χ0n) is 12.5. The average molecular weight is 278 g/mol. The molecule has 0 aromatic heterocycles. The van der Waals surface area contributed by atoms with Gasteiger partial charge in [0.1, 0.15) is 11.9 Å². The number of hydrogen-bond acceptors (Lipinski definition) is 4. The van der Waals surface area contributed by atoms with Crippen LogP contribution in [0, 0.1) is 22.5 Å². The van der Waals surface area contributed by atoms with Crippen molar-refractivity contribution in [1.29, 1.82) is 0 Å². The molecular formula is C15H22N2O3. The van der Waals surface area contributed by atoms with Crippen molar-refractivity contribution in [2.24, 2.45) is 5.41 Å². The fourth-order valence-electron chi connectivity index (χ4n) is 2.99. The third kappa shape index (κ3) is 2.38. The van der Waals surface area contributed by atoms with Gasteiger partial charge in [-0.05, 0) is 32.5 Å². The van der Waals surface area contributed by atoms with Gasteiger partial charge in [0.05, 0.1) is 4.92 Å². The number of hydrogen-bond donors (Lipinski definition) is 1. The maximum absolute atomic E-state index is 10.8. The summed E-state index contributed by atoms with van der Waals surface area (Å²) in [4.78, 5) is 10.4. The summed E-state index contributed by atoms with van der Waals surface area (Å²) >= 11 is 0. The predicted molar refractivity (Wildman–Crippen MR) is 78.1 cm³/mol. The van der Waals surface area contributed by atoms with Gasteiger partial charge in [0.15, 0.2) is 0 Å². The monoisotopic (exact) mass is 278 g/mol. The first kappa shape index (κ1) is 14.8. The Morgan fingerprint density at radius 2 is 2.25 bits per heavy atom. The summed E-state index contributed by atoms with van der Waals surface area (Å²) in [6, 6.07) is 5.42. The van der Waals surface area contributed by atoms with Crippen molar-refractivity contribution in [3.05, 3.63) is 33.9 Å². The third-order valence-electron chi connectivity index (χ3n) is 4.73. The van der Waals surface area contributed by atoms with E-state index in [0.717, 1.165) is 12.8 Å². The van der Waals surface area contributed by atoms with E-state index in [4.69, 9.17) is 4.74 Å². The lowest BCUT2D eigenvalue weighted by molar-refractivity contribution is -0.385. The Morgan fingerprint density at radius 1 is 1.55 bits per heavy atom. The van der Waals surface area contributed by atoms with E-state index < -0.39 is 0 Å². The maximum atomic E-state index is 10.8. The largest absolute Gasteiger partial charge is 0.490 e. The van der Waals surface area contributed by atoms with E-state index in [1.54, 1.807) is 19.1 Å². The molecule has 0 amide bonds. The number of rotatable bonds is 5. The van der Waals surface area contributed by atoms with Crippen molar-refractivity contribution in [2.75, 3.05) is 7.05 Å². The summed E-state index contributed by atoms with van der Waals surface area (Å²) < 4.78 is 6.04. The van der Waals surface area contributed by atoms with Gasteiger partial charge in [0, 0.05) is 29.5 Å². The summed E-state index contributed by atoms with van der Waals surface area (Å²) in [6.45, 7) is 6.13. The van der Waals surface area contributed by atoms with Crippen LogP contribution in [0.2, 0.25) is 0 Å². The van der Waals surface area contributed by atoms with E-state index in [1.807, 2.05) is 7.05 Å². The lowest BCUT2D eigenvalue weighted by Gasteiger charge is -2.53. The van der Waals surface area contributed by atoms with Crippen LogP contribution in [0.3, 0.4) is 0 Å². The van der Waals surface area contributed by atoms with Gasteiger partial charge in [-0.15, -0.1) is 0 Å². The Hall–Kier alpha value is -1.62. The lowest BCUT2D eigenvalue weighted by Crippen LogP contribution is -2.62. The molecule has 0 bridgehead atoms. The molecule has 1 aliphatic rings. The summed E-state index contributed by atoms with van der Waals surface area (Å²) in [7, 11) is 1.98. The molecule has 1 fully saturated rings. The van der Waals surface area contributed by atoms with Crippen LogP contribution in [0.1, 0.15) is 32.3 Å². The summed E-state index contributed by atoms with van der Waals surface area (Å²) in [5, 5.41) is 14.1. The molecule has 1 N–H and O–H groups in total. The molecule has 20 heavy (non-hydrogen) atoms. The third-order valence-corrected chi connectivity index (χ3v) is 4.73. The zero-order valence-corrected chi connectivity index (χ0v) is 12.5. The molecule has 0 aliphatic heterocycles. The second kappa shape index (κ2) is 5.40. The number of ether oxygens (including phenoxy) is 1. The molecule has 1 aromatic rings.